The number of nitrogens with two attached hydrogens (primary N) is 2. The van der Waals surface area contributed by atoms with Gasteiger partial charge in [-0.2, -0.15) is 4.98 Å². The minimum Gasteiger partial charge on any atom is -0.439 e. The molecule has 0 fully saturated rings. The van der Waals surface area contributed by atoms with Crippen molar-refractivity contribution in [3.05, 3.63) is 41.7 Å². The van der Waals surface area contributed by atoms with Gasteiger partial charge in [0.1, 0.15) is 11.6 Å². The summed E-state index contributed by atoms with van der Waals surface area (Å²) in [7, 11) is 0. The second-order valence-corrected chi connectivity index (χ2v) is 3.64. The summed E-state index contributed by atoms with van der Waals surface area (Å²) >= 11 is 0. The minimum atomic E-state index is -0.306. The molecule has 0 saturated heterocycles. The van der Waals surface area contributed by atoms with Gasteiger partial charge in [-0.05, 0) is 36.8 Å². The topological polar surface area (TPSA) is 74.2 Å². The zero-order valence-electron chi connectivity index (χ0n) is 9.27. The first-order chi connectivity index (χ1) is 8.06. The lowest BCUT2D eigenvalue weighted by atomic mass is 10.2. The highest BCUT2D eigenvalue weighted by Crippen LogP contribution is 2.26. The number of halogens is 1. The number of hydrogen-bond donors (Lipinski definition) is 2. The van der Waals surface area contributed by atoms with Gasteiger partial charge in [-0.1, -0.05) is 0 Å². The highest BCUT2D eigenvalue weighted by Gasteiger charge is 2.05. The Morgan fingerprint density at radius 1 is 1.18 bits per heavy atom. The number of aromatic nitrogens is 1. The third kappa shape index (κ3) is 2.44. The molecule has 0 amide bonds. The molecule has 1 aromatic carbocycles. The molecule has 0 spiro atoms. The van der Waals surface area contributed by atoms with Gasteiger partial charge >= 0.3 is 0 Å². The first kappa shape index (κ1) is 11.2. The molecular weight excluding hydrogens is 221 g/mol. The Kier molecular flexibility index (Phi) is 2.82. The molecule has 2 aromatic rings. The van der Waals surface area contributed by atoms with E-state index >= 15 is 0 Å². The molecule has 0 aliphatic heterocycles. The van der Waals surface area contributed by atoms with Gasteiger partial charge in [0.2, 0.25) is 5.88 Å². The fourth-order valence-corrected chi connectivity index (χ4v) is 1.36. The molecule has 4 N–H and O–H groups in total. The van der Waals surface area contributed by atoms with E-state index in [9.17, 15) is 4.39 Å². The summed E-state index contributed by atoms with van der Waals surface area (Å²) in [6, 6.07) is 7.46. The molecule has 0 bridgehead atoms. The lowest BCUT2D eigenvalue weighted by Gasteiger charge is -2.08. The second-order valence-electron chi connectivity index (χ2n) is 3.64. The molecule has 4 nitrogen and oxygen atoms in total. The fourth-order valence-electron chi connectivity index (χ4n) is 1.36. The van der Waals surface area contributed by atoms with Gasteiger partial charge in [-0.15, -0.1) is 0 Å². The molecule has 2 rings (SSSR count). The van der Waals surface area contributed by atoms with Crippen LogP contribution in [0.2, 0.25) is 0 Å². The quantitative estimate of drug-likeness (QED) is 0.835. The maximum Gasteiger partial charge on any atom is 0.221 e. The summed E-state index contributed by atoms with van der Waals surface area (Å²) in [4.78, 5) is 3.97. The Labute approximate surface area is 98.0 Å². The maximum absolute atomic E-state index is 12.9. The molecule has 0 aliphatic carbocycles. The summed E-state index contributed by atoms with van der Waals surface area (Å²) in [5.41, 5.74) is 12.2. The SMILES string of the molecule is Cc1cc(F)ccc1Oc1ccc(N)c(N)n1. The van der Waals surface area contributed by atoms with Crippen LogP contribution >= 0.6 is 0 Å². The monoisotopic (exact) mass is 233 g/mol. The molecular formula is C12H12FN3O. The van der Waals surface area contributed by atoms with E-state index in [0.29, 0.717) is 22.9 Å². The predicted molar refractivity (Wildman–Crippen MR) is 64.3 cm³/mol. The van der Waals surface area contributed by atoms with Crippen molar-refractivity contribution < 1.29 is 9.13 Å². The van der Waals surface area contributed by atoms with E-state index in [-0.39, 0.29) is 11.6 Å². The number of rotatable bonds is 2. The standard InChI is InChI=1S/C12H12FN3O/c1-7-6-8(13)2-4-10(7)17-11-5-3-9(14)12(15)16-11/h2-6H,14H2,1H3,(H2,15,16). The van der Waals surface area contributed by atoms with Crippen molar-refractivity contribution in [3.63, 3.8) is 0 Å². The van der Waals surface area contributed by atoms with Crippen LogP contribution in [-0.4, -0.2) is 4.98 Å². The summed E-state index contributed by atoms with van der Waals surface area (Å²) < 4.78 is 18.4. The molecule has 17 heavy (non-hydrogen) atoms. The van der Waals surface area contributed by atoms with Crippen LogP contribution in [0.4, 0.5) is 15.9 Å². The Morgan fingerprint density at radius 2 is 1.94 bits per heavy atom. The van der Waals surface area contributed by atoms with E-state index in [1.54, 1.807) is 25.1 Å². The van der Waals surface area contributed by atoms with Gasteiger partial charge in [-0.3, -0.25) is 0 Å². The molecule has 0 aliphatic rings. The lowest BCUT2D eigenvalue weighted by molar-refractivity contribution is 0.458. The number of pyridine rings is 1. The Bertz CT molecular complexity index is 557. The van der Waals surface area contributed by atoms with E-state index in [4.69, 9.17) is 16.2 Å². The van der Waals surface area contributed by atoms with Gasteiger partial charge in [0.25, 0.3) is 0 Å². The van der Waals surface area contributed by atoms with Gasteiger partial charge in [0.15, 0.2) is 5.82 Å². The Hall–Kier alpha value is -2.30. The Balaban J connectivity index is 2.28. The number of benzene rings is 1. The van der Waals surface area contributed by atoms with Crippen molar-refractivity contribution >= 4 is 11.5 Å². The maximum atomic E-state index is 12.9. The average molecular weight is 233 g/mol. The highest BCUT2D eigenvalue weighted by molar-refractivity contribution is 5.58. The van der Waals surface area contributed by atoms with E-state index in [1.807, 2.05) is 0 Å². The third-order valence-corrected chi connectivity index (χ3v) is 2.28. The van der Waals surface area contributed by atoms with Crippen molar-refractivity contribution in [2.75, 3.05) is 11.5 Å². The summed E-state index contributed by atoms with van der Waals surface area (Å²) in [5.74, 6) is 0.761. The van der Waals surface area contributed by atoms with Crippen LogP contribution in [0.1, 0.15) is 5.56 Å². The molecule has 1 aromatic heterocycles. The van der Waals surface area contributed by atoms with Crippen molar-refractivity contribution in [2.24, 2.45) is 0 Å². The highest BCUT2D eigenvalue weighted by atomic mass is 19.1. The van der Waals surface area contributed by atoms with Crippen molar-refractivity contribution in [2.45, 2.75) is 6.92 Å². The van der Waals surface area contributed by atoms with Crippen LogP contribution in [0, 0.1) is 12.7 Å². The lowest BCUT2D eigenvalue weighted by Crippen LogP contribution is -1.99. The molecule has 0 saturated carbocycles. The van der Waals surface area contributed by atoms with Crippen molar-refractivity contribution in [1.29, 1.82) is 0 Å². The molecule has 5 heteroatoms. The molecule has 0 atom stereocenters. The van der Waals surface area contributed by atoms with E-state index in [0.717, 1.165) is 0 Å². The fraction of sp³-hybridized carbons (Fsp3) is 0.0833. The van der Waals surface area contributed by atoms with Crippen molar-refractivity contribution in [3.8, 4) is 11.6 Å². The number of nitrogens with zero attached hydrogens (tertiary/aromatic N) is 1. The van der Waals surface area contributed by atoms with Gasteiger partial charge in [0, 0.05) is 6.07 Å². The first-order valence-electron chi connectivity index (χ1n) is 5.02. The number of anilines is 2. The minimum absolute atomic E-state index is 0.210. The second kappa shape index (κ2) is 4.29. The van der Waals surface area contributed by atoms with Crippen LogP contribution in [0.15, 0.2) is 30.3 Å². The summed E-state index contributed by atoms with van der Waals surface area (Å²) in [5, 5.41) is 0. The number of aryl methyl sites for hydroxylation is 1. The predicted octanol–water partition coefficient (Wildman–Crippen LogP) is 2.49. The average Bonchev–Trinajstić information content (AvgIpc) is 2.27. The van der Waals surface area contributed by atoms with Crippen LogP contribution in [0.25, 0.3) is 0 Å². The molecule has 0 unspecified atom stereocenters. The van der Waals surface area contributed by atoms with E-state index < -0.39 is 0 Å². The van der Waals surface area contributed by atoms with Crippen LogP contribution < -0.4 is 16.2 Å². The molecule has 1 heterocycles. The van der Waals surface area contributed by atoms with Crippen LogP contribution in [0.5, 0.6) is 11.6 Å². The van der Waals surface area contributed by atoms with Gasteiger partial charge in [-0.25, -0.2) is 4.39 Å². The van der Waals surface area contributed by atoms with E-state index in [1.165, 1.54) is 12.1 Å². The molecule has 0 radical (unpaired) electrons. The van der Waals surface area contributed by atoms with Crippen molar-refractivity contribution in [1.82, 2.24) is 4.98 Å². The van der Waals surface area contributed by atoms with Gasteiger partial charge < -0.3 is 16.2 Å². The normalized spacial score (nSPS) is 10.2. The van der Waals surface area contributed by atoms with E-state index in [2.05, 4.69) is 4.98 Å². The first-order valence-corrected chi connectivity index (χ1v) is 5.02. The number of ether oxygens (including phenoxy) is 1. The summed E-state index contributed by atoms with van der Waals surface area (Å²) in [6.07, 6.45) is 0. The Morgan fingerprint density at radius 3 is 2.59 bits per heavy atom. The molecule has 88 valence electrons. The third-order valence-electron chi connectivity index (χ3n) is 2.28. The van der Waals surface area contributed by atoms with Gasteiger partial charge in [0.05, 0.1) is 5.69 Å². The van der Waals surface area contributed by atoms with Crippen LogP contribution in [0.3, 0.4) is 0 Å². The zero-order valence-corrected chi connectivity index (χ0v) is 9.27. The largest absolute Gasteiger partial charge is 0.439 e. The smallest absolute Gasteiger partial charge is 0.221 e. The summed E-state index contributed by atoms with van der Waals surface area (Å²) in [6.45, 7) is 1.75. The number of nitrogen functional groups attached to an aromatic ring is 2. The number of hydrogen-bond acceptors (Lipinski definition) is 4. The van der Waals surface area contributed by atoms with Crippen LogP contribution in [-0.2, 0) is 0 Å². The zero-order chi connectivity index (χ0) is 12.4.